The van der Waals surface area contributed by atoms with E-state index in [1.165, 1.54) is 29.1 Å². The van der Waals surface area contributed by atoms with Gasteiger partial charge in [0.15, 0.2) is 16.6 Å². The van der Waals surface area contributed by atoms with Crippen LogP contribution in [0.25, 0.3) is 11.1 Å². The summed E-state index contributed by atoms with van der Waals surface area (Å²) in [7, 11) is 0. The van der Waals surface area contributed by atoms with Gasteiger partial charge < -0.3 is 19.5 Å². The van der Waals surface area contributed by atoms with Crippen LogP contribution in [-0.4, -0.2) is 25.3 Å². The van der Waals surface area contributed by atoms with Crippen molar-refractivity contribution < 1.29 is 14.2 Å². The third kappa shape index (κ3) is 5.34. The van der Waals surface area contributed by atoms with Crippen LogP contribution in [0.2, 0.25) is 0 Å². The maximum Gasteiger partial charge on any atom is 0.231 e. The third-order valence-electron chi connectivity index (χ3n) is 4.98. The molecule has 2 aromatic carbocycles. The SMILES string of the molecule is CSCCCNCc1ccc(COc2scc(-c3ccc4c(c3)OCO4)c2C#N)cc1. The zero-order valence-electron chi connectivity index (χ0n) is 17.3. The Morgan fingerprint density at radius 3 is 2.74 bits per heavy atom. The van der Waals surface area contributed by atoms with Gasteiger partial charge >= 0.3 is 0 Å². The van der Waals surface area contributed by atoms with Gasteiger partial charge in [0.1, 0.15) is 18.2 Å². The summed E-state index contributed by atoms with van der Waals surface area (Å²) in [5.41, 5.74) is 4.65. The smallest absolute Gasteiger partial charge is 0.231 e. The van der Waals surface area contributed by atoms with Crippen LogP contribution in [-0.2, 0) is 13.2 Å². The summed E-state index contributed by atoms with van der Waals surface area (Å²) >= 11 is 3.32. The van der Waals surface area contributed by atoms with Gasteiger partial charge in [0.05, 0.1) is 0 Å². The number of hydrogen-bond acceptors (Lipinski definition) is 7. The summed E-state index contributed by atoms with van der Waals surface area (Å²) in [4.78, 5) is 0. The van der Waals surface area contributed by atoms with E-state index in [2.05, 4.69) is 41.9 Å². The fraction of sp³-hybridized carbons (Fsp3) is 0.292. The minimum atomic E-state index is 0.231. The summed E-state index contributed by atoms with van der Waals surface area (Å²) < 4.78 is 16.8. The van der Waals surface area contributed by atoms with Crippen molar-refractivity contribution in [3.63, 3.8) is 0 Å². The van der Waals surface area contributed by atoms with E-state index >= 15 is 0 Å². The zero-order chi connectivity index (χ0) is 21.5. The van der Waals surface area contributed by atoms with Crippen molar-refractivity contribution in [2.24, 2.45) is 0 Å². The van der Waals surface area contributed by atoms with Gasteiger partial charge in [-0.1, -0.05) is 30.3 Å². The summed E-state index contributed by atoms with van der Waals surface area (Å²) in [6.07, 6.45) is 3.32. The first kappa shape index (κ1) is 21.6. The van der Waals surface area contributed by atoms with Crippen LogP contribution in [0.5, 0.6) is 16.6 Å². The summed E-state index contributed by atoms with van der Waals surface area (Å²) in [6.45, 7) is 2.57. The number of thiophene rings is 1. The Labute approximate surface area is 191 Å². The largest absolute Gasteiger partial charge is 0.478 e. The molecule has 0 amide bonds. The number of nitrogens with zero attached hydrogens (tertiary/aromatic N) is 1. The lowest BCUT2D eigenvalue weighted by Crippen LogP contribution is -2.15. The monoisotopic (exact) mass is 452 g/mol. The summed E-state index contributed by atoms with van der Waals surface area (Å²) in [6, 6.07) is 16.4. The van der Waals surface area contributed by atoms with E-state index < -0.39 is 0 Å². The maximum absolute atomic E-state index is 9.73. The van der Waals surface area contributed by atoms with Crippen molar-refractivity contribution in [2.75, 3.05) is 25.3 Å². The number of hydrogen-bond donors (Lipinski definition) is 1. The van der Waals surface area contributed by atoms with Crippen LogP contribution in [0.1, 0.15) is 23.1 Å². The quantitative estimate of drug-likeness (QED) is 0.414. The molecule has 0 fully saturated rings. The Hall–Kier alpha value is -2.66. The summed E-state index contributed by atoms with van der Waals surface area (Å²) in [5, 5.41) is 15.8. The van der Waals surface area contributed by atoms with Gasteiger partial charge in [-0.25, -0.2) is 0 Å². The number of nitrogens with one attached hydrogen (secondary N) is 1. The van der Waals surface area contributed by atoms with Crippen LogP contribution in [0.4, 0.5) is 0 Å². The van der Waals surface area contributed by atoms with Crippen LogP contribution >= 0.6 is 23.1 Å². The summed E-state index contributed by atoms with van der Waals surface area (Å²) in [5.74, 6) is 2.62. The van der Waals surface area contributed by atoms with Gasteiger partial charge in [-0.3, -0.25) is 0 Å². The standard InChI is InChI=1S/C24H24N2O3S2/c1-30-10-2-9-26-13-17-3-5-18(6-4-17)14-27-24-20(12-25)21(15-31-24)19-7-8-22-23(11-19)29-16-28-22/h3-8,11,15,26H,2,9-10,13-14,16H2,1H3. The van der Waals surface area contributed by atoms with Gasteiger partial charge in [-0.2, -0.15) is 17.0 Å². The van der Waals surface area contributed by atoms with Crippen LogP contribution in [0.15, 0.2) is 47.8 Å². The van der Waals surface area contributed by atoms with Crippen LogP contribution in [0.3, 0.4) is 0 Å². The van der Waals surface area contributed by atoms with E-state index in [-0.39, 0.29) is 6.79 Å². The second kappa shape index (κ2) is 10.6. The highest BCUT2D eigenvalue weighted by Gasteiger charge is 2.18. The molecule has 0 radical (unpaired) electrons. The minimum absolute atomic E-state index is 0.231. The van der Waals surface area contributed by atoms with E-state index in [1.807, 2.05) is 35.3 Å². The average molecular weight is 453 g/mol. The molecule has 0 atom stereocenters. The molecule has 0 aliphatic carbocycles. The van der Waals surface area contributed by atoms with Gasteiger partial charge in [-0.15, -0.1) is 11.3 Å². The Balaban J connectivity index is 1.36. The molecule has 0 unspecified atom stereocenters. The number of benzene rings is 2. The molecular formula is C24H24N2O3S2. The van der Waals surface area contributed by atoms with Gasteiger partial charge in [-0.05, 0) is 53.8 Å². The van der Waals surface area contributed by atoms with Crippen molar-refractivity contribution in [1.82, 2.24) is 5.32 Å². The number of nitriles is 1. The predicted octanol–water partition coefficient (Wildman–Crippen LogP) is 5.44. The fourth-order valence-corrected chi connectivity index (χ4v) is 4.62. The Morgan fingerprint density at radius 1 is 1.13 bits per heavy atom. The number of ether oxygens (including phenoxy) is 3. The lowest BCUT2D eigenvalue weighted by Gasteiger charge is -2.08. The first-order chi connectivity index (χ1) is 15.3. The normalized spacial score (nSPS) is 12.0. The van der Waals surface area contributed by atoms with Gasteiger partial charge in [0.2, 0.25) is 6.79 Å². The topological polar surface area (TPSA) is 63.5 Å². The molecule has 0 spiro atoms. The third-order valence-corrected chi connectivity index (χ3v) is 6.56. The lowest BCUT2D eigenvalue weighted by molar-refractivity contribution is 0.174. The molecule has 0 saturated heterocycles. The molecule has 0 bridgehead atoms. The minimum Gasteiger partial charge on any atom is -0.478 e. The highest BCUT2D eigenvalue weighted by molar-refractivity contribution is 7.98. The van der Waals surface area contributed by atoms with Crippen molar-refractivity contribution in [3.05, 3.63) is 64.5 Å². The molecular weight excluding hydrogens is 428 g/mol. The molecule has 1 aliphatic heterocycles. The molecule has 2 heterocycles. The fourth-order valence-electron chi connectivity index (χ4n) is 3.31. The molecule has 5 nitrogen and oxygen atoms in total. The molecule has 31 heavy (non-hydrogen) atoms. The molecule has 1 aromatic heterocycles. The Kier molecular flexibility index (Phi) is 7.36. The first-order valence-electron chi connectivity index (χ1n) is 10.1. The molecule has 4 rings (SSSR count). The Morgan fingerprint density at radius 2 is 1.94 bits per heavy atom. The van der Waals surface area contributed by atoms with Crippen molar-refractivity contribution in [3.8, 4) is 33.8 Å². The van der Waals surface area contributed by atoms with Crippen LogP contribution < -0.4 is 19.5 Å². The second-order valence-corrected chi connectivity index (χ2v) is 8.95. The number of thioether (sulfide) groups is 1. The van der Waals surface area contributed by atoms with Gasteiger partial charge in [0.25, 0.3) is 0 Å². The van der Waals surface area contributed by atoms with Crippen molar-refractivity contribution in [2.45, 2.75) is 19.6 Å². The number of fused-ring (bicyclic) bond motifs is 1. The average Bonchev–Trinajstić information content (AvgIpc) is 3.44. The highest BCUT2D eigenvalue weighted by Crippen LogP contribution is 2.41. The van der Waals surface area contributed by atoms with E-state index in [1.54, 1.807) is 0 Å². The lowest BCUT2D eigenvalue weighted by atomic mass is 10.0. The molecule has 1 aliphatic rings. The molecule has 7 heteroatoms. The van der Waals surface area contributed by atoms with E-state index in [0.717, 1.165) is 35.5 Å². The molecule has 3 aromatic rings. The molecule has 0 saturated carbocycles. The van der Waals surface area contributed by atoms with Gasteiger partial charge in [0, 0.05) is 17.5 Å². The van der Waals surface area contributed by atoms with Crippen molar-refractivity contribution in [1.29, 1.82) is 5.26 Å². The first-order valence-corrected chi connectivity index (χ1v) is 12.4. The van der Waals surface area contributed by atoms with E-state index in [9.17, 15) is 5.26 Å². The number of rotatable bonds is 10. The Bertz CT molecular complexity index is 1060. The molecule has 160 valence electrons. The zero-order valence-corrected chi connectivity index (χ0v) is 19.0. The second-order valence-electron chi connectivity index (χ2n) is 7.12. The molecule has 1 N–H and O–H groups in total. The predicted molar refractivity (Wildman–Crippen MR) is 126 cm³/mol. The van der Waals surface area contributed by atoms with E-state index in [4.69, 9.17) is 14.2 Å². The maximum atomic E-state index is 9.73. The van der Waals surface area contributed by atoms with Crippen molar-refractivity contribution >= 4 is 23.1 Å². The van der Waals surface area contributed by atoms with Crippen LogP contribution in [0, 0.1) is 11.3 Å². The van der Waals surface area contributed by atoms with E-state index in [0.29, 0.717) is 23.0 Å². The highest BCUT2D eigenvalue weighted by atomic mass is 32.2.